The molecule has 0 saturated heterocycles. The standard InChI is InChI=1S/C25H35N5O2/c1-2-3-13-21-29-22-23(19-11-7-8-12-20(19)28-24(22)26)30(21)15-17-32-16-14-27-25(31)18-9-5-4-6-10-18/h7-8,11-12,18H,2-6,9-10,13-17H2,1H3,(H2,26,28)(H,27,31). The molecule has 1 fully saturated rings. The van der Waals surface area contributed by atoms with Crippen LogP contribution >= 0.6 is 0 Å². The van der Waals surface area contributed by atoms with Gasteiger partial charge in [-0.05, 0) is 25.3 Å². The van der Waals surface area contributed by atoms with E-state index in [4.69, 9.17) is 15.5 Å². The Morgan fingerprint density at radius 2 is 2.00 bits per heavy atom. The summed E-state index contributed by atoms with van der Waals surface area (Å²) in [6, 6.07) is 8.06. The Kier molecular flexibility index (Phi) is 7.58. The zero-order valence-electron chi connectivity index (χ0n) is 19.1. The summed E-state index contributed by atoms with van der Waals surface area (Å²) in [5.74, 6) is 1.88. The second-order valence-electron chi connectivity index (χ2n) is 8.73. The summed E-state index contributed by atoms with van der Waals surface area (Å²) in [4.78, 5) is 21.7. The highest BCUT2D eigenvalue weighted by Crippen LogP contribution is 2.29. The molecule has 0 radical (unpaired) electrons. The first kappa shape index (κ1) is 22.5. The molecule has 4 rings (SSSR count). The lowest BCUT2D eigenvalue weighted by atomic mass is 9.89. The average molecular weight is 438 g/mol. The minimum Gasteiger partial charge on any atom is -0.382 e. The number of pyridine rings is 1. The summed E-state index contributed by atoms with van der Waals surface area (Å²) < 4.78 is 8.13. The fourth-order valence-corrected chi connectivity index (χ4v) is 4.68. The van der Waals surface area contributed by atoms with E-state index in [1.807, 2.05) is 18.2 Å². The molecule has 0 unspecified atom stereocenters. The molecule has 2 heterocycles. The van der Waals surface area contributed by atoms with E-state index in [0.29, 0.717) is 32.1 Å². The van der Waals surface area contributed by atoms with Gasteiger partial charge >= 0.3 is 0 Å². The van der Waals surface area contributed by atoms with E-state index in [2.05, 4.69) is 27.9 Å². The number of unbranched alkanes of at least 4 members (excludes halogenated alkanes) is 1. The van der Waals surface area contributed by atoms with Crippen LogP contribution < -0.4 is 11.1 Å². The Bertz CT molecular complexity index is 1060. The molecule has 32 heavy (non-hydrogen) atoms. The normalized spacial score (nSPS) is 14.9. The lowest BCUT2D eigenvalue weighted by molar-refractivity contribution is -0.126. The third-order valence-corrected chi connectivity index (χ3v) is 6.42. The number of nitrogen functional groups attached to an aromatic ring is 1. The topological polar surface area (TPSA) is 95.1 Å². The first-order chi connectivity index (χ1) is 15.7. The molecule has 0 aliphatic heterocycles. The highest BCUT2D eigenvalue weighted by molar-refractivity contribution is 6.06. The van der Waals surface area contributed by atoms with Gasteiger partial charge in [-0.2, -0.15) is 0 Å². The lowest BCUT2D eigenvalue weighted by Gasteiger charge is -2.20. The number of benzene rings is 1. The van der Waals surface area contributed by atoms with Crippen LogP contribution in [0, 0.1) is 5.92 Å². The van der Waals surface area contributed by atoms with E-state index in [9.17, 15) is 4.79 Å². The van der Waals surface area contributed by atoms with Crippen LogP contribution in [0.4, 0.5) is 5.82 Å². The molecule has 3 aromatic rings. The number of nitrogens with two attached hydrogens (primary N) is 1. The number of anilines is 1. The van der Waals surface area contributed by atoms with E-state index in [0.717, 1.165) is 59.9 Å². The molecule has 1 aromatic carbocycles. The molecule has 7 heteroatoms. The fourth-order valence-electron chi connectivity index (χ4n) is 4.68. The van der Waals surface area contributed by atoms with Crippen molar-refractivity contribution < 1.29 is 9.53 Å². The minimum absolute atomic E-state index is 0.185. The highest BCUT2D eigenvalue weighted by Gasteiger charge is 2.20. The number of hydrogen-bond donors (Lipinski definition) is 2. The molecule has 1 aliphatic carbocycles. The third-order valence-electron chi connectivity index (χ3n) is 6.42. The van der Waals surface area contributed by atoms with Gasteiger partial charge in [-0.15, -0.1) is 0 Å². The molecule has 0 atom stereocenters. The molecule has 172 valence electrons. The summed E-state index contributed by atoms with van der Waals surface area (Å²) in [5.41, 5.74) is 8.95. The number of nitrogens with zero attached hydrogens (tertiary/aromatic N) is 3. The van der Waals surface area contributed by atoms with Crippen molar-refractivity contribution >= 4 is 33.7 Å². The molecule has 0 spiro atoms. The SMILES string of the molecule is CCCCc1nc2c(N)nc3ccccc3c2n1CCOCCNC(=O)C1CCCCC1. The van der Waals surface area contributed by atoms with E-state index in [1.165, 1.54) is 19.3 Å². The third kappa shape index (κ3) is 5.04. The Labute approximate surface area is 189 Å². The van der Waals surface area contributed by atoms with Crippen molar-refractivity contribution in [1.29, 1.82) is 0 Å². The van der Waals surface area contributed by atoms with Gasteiger partial charge in [0.2, 0.25) is 5.91 Å². The molecule has 1 aliphatic rings. The van der Waals surface area contributed by atoms with E-state index < -0.39 is 0 Å². The second kappa shape index (κ2) is 10.8. The van der Waals surface area contributed by atoms with Gasteiger partial charge in [-0.1, -0.05) is 50.8 Å². The van der Waals surface area contributed by atoms with Crippen molar-refractivity contribution in [3.8, 4) is 0 Å². The van der Waals surface area contributed by atoms with Crippen LogP contribution in [0.1, 0.15) is 57.7 Å². The van der Waals surface area contributed by atoms with Crippen molar-refractivity contribution in [1.82, 2.24) is 19.9 Å². The largest absolute Gasteiger partial charge is 0.382 e. The van der Waals surface area contributed by atoms with Gasteiger partial charge in [-0.3, -0.25) is 4.79 Å². The number of amides is 1. The monoisotopic (exact) mass is 437 g/mol. The Morgan fingerprint density at radius 1 is 1.19 bits per heavy atom. The van der Waals surface area contributed by atoms with Gasteiger partial charge in [0.15, 0.2) is 5.82 Å². The number of hydrogen-bond acceptors (Lipinski definition) is 5. The number of carbonyl (C=O) groups is 1. The first-order valence-electron chi connectivity index (χ1n) is 12.1. The molecule has 2 aromatic heterocycles. The maximum absolute atomic E-state index is 12.3. The number of nitrogens with one attached hydrogen (secondary N) is 1. The van der Waals surface area contributed by atoms with E-state index in [-0.39, 0.29) is 11.8 Å². The number of carbonyl (C=O) groups excluding carboxylic acids is 1. The Balaban J connectivity index is 1.40. The van der Waals surface area contributed by atoms with Crippen LogP contribution in [0.3, 0.4) is 0 Å². The Hall–Kier alpha value is -2.67. The average Bonchev–Trinajstić information content (AvgIpc) is 3.19. The van der Waals surface area contributed by atoms with Crippen molar-refractivity contribution in [3.05, 3.63) is 30.1 Å². The van der Waals surface area contributed by atoms with Crippen molar-refractivity contribution in [2.45, 2.75) is 64.8 Å². The molecule has 3 N–H and O–H groups in total. The van der Waals surface area contributed by atoms with Gasteiger partial charge in [-0.25, -0.2) is 9.97 Å². The van der Waals surface area contributed by atoms with Crippen LogP contribution in [-0.4, -0.2) is 40.2 Å². The minimum atomic E-state index is 0.185. The zero-order chi connectivity index (χ0) is 22.3. The van der Waals surface area contributed by atoms with Gasteiger partial charge in [0.05, 0.1) is 24.2 Å². The number of fused-ring (bicyclic) bond motifs is 3. The maximum Gasteiger partial charge on any atom is 0.223 e. The fraction of sp³-hybridized carbons (Fsp3) is 0.560. The number of imidazole rings is 1. The van der Waals surface area contributed by atoms with Crippen LogP contribution in [0.5, 0.6) is 0 Å². The van der Waals surface area contributed by atoms with Crippen molar-refractivity contribution in [2.24, 2.45) is 5.92 Å². The number of aryl methyl sites for hydroxylation is 1. The molecular weight excluding hydrogens is 402 g/mol. The highest BCUT2D eigenvalue weighted by atomic mass is 16.5. The molecule has 1 saturated carbocycles. The summed E-state index contributed by atoms with van der Waals surface area (Å²) in [6.45, 7) is 4.51. The quantitative estimate of drug-likeness (QED) is 0.463. The van der Waals surface area contributed by atoms with Gasteiger partial charge in [0.25, 0.3) is 0 Å². The van der Waals surface area contributed by atoms with Gasteiger partial charge < -0.3 is 20.4 Å². The van der Waals surface area contributed by atoms with Crippen molar-refractivity contribution in [2.75, 3.05) is 25.5 Å². The maximum atomic E-state index is 12.3. The smallest absolute Gasteiger partial charge is 0.223 e. The summed E-state index contributed by atoms with van der Waals surface area (Å²) in [7, 11) is 0. The number of ether oxygens (including phenoxy) is 1. The lowest BCUT2D eigenvalue weighted by Crippen LogP contribution is -2.34. The van der Waals surface area contributed by atoms with E-state index in [1.54, 1.807) is 0 Å². The number of aromatic nitrogens is 3. The predicted molar refractivity (Wildman–Crippen MR) is 128 cm³/mol. The van der Waals surface area contributed by atoms with Crippen LogP contribution in [0.15, 0.2) is 24.3 Å². The number of rotatable bonds is 10. The molecule has 1 amide bonds. The summed E-state index contributed by atoms with van der Waals surface area (Å²) in [5, 5.41) is 4.10. The van der Waals surface area contributed by atoms with Crippen LogP contribution in [-0.2, 0) is 22.5 Å². The van der Waals surface area contributed by atoms with Crippen molar-refractivity contribution in [3.63, 3.8) is 0 Å². The second-order valence-corrected chi connectivity index (χ2v) is 8.73. The van der Waals surface area contributed by atoms with E-state index >= 15 is 0 Å². The summed E-state index contributed by atoms with van der Waals surface area (Å²) in [6.07, 6.45) is 8.71. The van der Waals surface area contributed by atoms with Gasteiger partial charge in [0, 0.05) is 30.8 Å². The molecule has 7 nitrogen and oxygen atoms in total. The molecule has 0 bridgehead atoms. The van der Waals surface area contributed by atoms with Crippen LogP contribution in [0.2, 0.25) is 0 Å². The molecular formula is C25H35N5O2. The summed E-state index contributed by atoms with van der Waals surface area (Å²) >= 11 is 0. The van der Waals surface area contributed by atoms with Gasteiger partial charge in [0.1, 0.15) is 11.3 Å². The number of para-hydroxylation sites is 1. The first-order valence-corrected chi connectivity index (χ1v) is 12.1. The van der Waals surface area contributed by atoms with Crippen LogP contribution in [0.25, 0.3) is 21.9 Å². The Morgan fingerprint density at radius 3 is 2.81 bits per heavy atom. The zero-order valence-corrected chi connectivity index (χ0v) is 19.1. The predicted octanol–water partition coefficient (Wildman–Crippen LogP) is 4.22.